The van der Waals surface area contributed by atoms with E-state index in [1.54, 1.807) is 13.2 Å². The number of amides is 1. The first-order valence-corrected chi connectivity index (χ1v) is 5.35. The van der Waals surface area contributed by atoms with E-state index in [2.05, 4.69) is 5.32 Å². The molecule has 1 aliphatic carbocycles. The van der Waals surface area contributed by atoms with Crippen LogP contribution in [0.5, 0.6) is 0 Å². The van der Waals surface area contributed by atoms with Crippen LogP contribution in [0.2, 0.25) is 0 Å². The molecule has 0 aliphatic heterocycles. The molecular formula is C11H16ClNO3. The molecule has 4 nitrogen and oxygen atoms in total. The first kappa shape index (κ1) is 12.9. The number of rotatable bonds is 3. The molecule has 90 valence electrons. The van der Waals surface area contributed by atoms with Gasteiger partial charge in [-0.2, -0.15) is 0 Å². The molecule has 0 bridgehead atoms. The highest BCUT2D eigenvalue weighted by Crippen LogP contribution is 2.32. The Morgan fingerprint density at radius 2 is 2.06 bits per heavy atom. The van der Waals surface area contributed by atoms with Gasteiger partial charge >= 0.3 is 0 Å². The monoisotopic (exact) mass is 245 g/mol. The molecule has 2 atom stereocenters. The van der Waals surface area contributed by atoms with Crippen molar-refractivity contribution < 1.29 is 14.3 Å². The second-order valence-corrected chi connectivity index (χ2v) is 4.04. The Morgan fingerprint density at radius 3 is 2.50 bits per heavy atom. The van der Waals surface area contributed by atoms with Crippen molar-refractivity contribution in [1.82, 2.24) is 5.32 Å². The zero-order valence-corrected chi connectivity index (χ0v) is 10.6. The van der Waals surface area contributed by atoms with E-state index in [-0.39, 0.29) is 17.9 Å². The Morgan fingerprint density at radius 1 is 1.44 bits per heavy atom. The van der Waals surface area contributed by atoms with Gasteiger partial charge in [-0.05, 0) is 0 Å². The van der Waals surface area contributed by atoms with Crippen LogP contribution in [0, 0.1) is 5.92 Å². The lowest BCUT2D eigenvalue weighted by Crippen LogP contribution is -2.41. The van der Waals surface area contributed by atoms with Crippen LogP contribution in [0.25, 0.3) is 0 Å². The molecule has 1 aliphatic rings. The molecule has 0 spiro atoms. The van der Waals surface area contributed by atoms with Crippen molar-refractivity contribution >= 4 is 17.5 Å². The number of ether oxygens (including phenoxy) is 2. The highest BCUT2D eigenvalue weighted by atomic mass is 35.5. The molecule has 16 heavy (non-hydrogen) atoms. The number of hydrogen-bond acceptors (Lipinski definition) is 3. The summed E-state index contributed by atoms with van der Waals surface area (Å²) in [5, 5.41) is 3.27. The smallest absolute Gasteiger partial charge is 0.217 e. The predicted molar refractivity (Wildman–Crippen MR) is 61.7 cm³/mol. The predicted octanol–water partition coefficient (Wildman–Crippen LogP) is 1.77. The minimum Gasteiger partial charge on any atom is -0.501 e. The molecular weight excluding hydrogens is 230 g/mol. The fourth-order valence-corrected chi connectivity index (χ4v) is 2.05. The Bertz CT molecular complexity index is 349. The van der Waals surface area contributed by atoms with Crippen LogP contribution < -0.4 is 5.32 Å². The van der Waals surface area contributed by atoms with Gasteiger partial charge in [0.25, 0.3) is 0 Å². The molecule has 0 saturated carbocycles. The number of hydrogen-bond donors (Lipinski definition) is 1. The summed E-state index contributed by atoms with van der Waals surface area (Å²) in [7, 11) is 3.11. The lowest BCUT2D eigenvalue weighted by molar-refractivity contribution is -0.119. The molecule has 0 aromatic rings. The van der Waals surface area contributed by atoms with Gasteiger partial charge in [-0.1, -0.05) is 18.5 Å². The second kappa shape index (κ2) is 5.25. The summed E-state index contributed by atoms with van der Waals surface area (Å²) in [6.07, 6.45) is 1.74. The van der Waals surface area contributed by atoms with Gasteiger partial charge in [-0.15, -0.1) is 0 Å². The highest BCUT2D eigenvalue weighted by molar-refractivity contribution is 6.31. The van der Waals surface area contributed by atoms with Crippen LogP contribution in [-0.4, -0.2) is 26.2 Å². The van der Waals surface area contributed by atoms with Crippen molar-refractivity contribution in [3.63, 3.8) is 0 Å². The fourth-order valence-electron chi connectivity index (χ4n) is 1.68. The van der Waals surface area contributed by atoms with Gasteiger partial charge in [-0.25, -0.2) is 0 Å². The summed E-state index contributed by atoms with van der Waals surface area (Å²) in [6, 6.07) is -0.297. The summed E-state index contributed by atoms with van der Waals surface area (Å²) in [5.74, 6) is 1.11. The van der Waals surface area contributed by atoms with Gasteiger partial charge in [0.15, 0.2) is 0 Å². The van der Waals surface area contributed by atoms with Gasteiger partial charge < -0.3 is 14.8 Å². The molecule has 0 radical (unpaired) electrons. The summed E-state index contributed by atoms with van der Waals surface area (Å²) < 4.78 is 10.4. The van der Waals surface area contributed by atoms with E-state index in [0.717, 1.165) is 5.76 Å². The largest absolute Gasteiger partial charge is 0.501 e. The van der Waals surface area contributed by atoms with Gasteiger partial charge in [0, 0.05) is 18.9 Å². The maximum absolute atomic E-state index is 11.1. The van der Waals surface area contributed by atoms with Crippen LogP contribution >= 0.6 is 11.6 Å². The van der Waals surface area contributed by atoms with Crippen molar-refractivity contribution in [2.24, 2.45) is 5.92 Å². The number of carbonyl (C=O) groups is 1. The summed E-state index contributed by atoms with van der Waals surface area (Å²) >= 11 is 6.15. The topological polar surface area (TPSA) is 47.6 Å². The standard InChI is InChI=1S/C11H16ClNO3/c1-6-8(15-3)5-9(16-4)10(12)11(6)13-7(2)14/h5-6,11H,1-4H3,(H,13,14). The van der Waals surface area contributed by atoms with Gasteiger partial charge in [0.05, 0.1) is 25.3 Å². The van der Waals surface area contributed by atoms with Crippen molar-refractivity contribution in [3.8, 4) is 0 Å². The number of halogens is 1. The maximum Gasteiger partial charge on any atom is 0.217 e. The average Bonchev–Trinajstić information content (AvgIpc) is 2.24. The molecule has 0 fully saturated rings. The quantitative estimate of drug-likeness (QED) is 0.824. The first-order valence-electron chi connectivity index (χ1n) is 4.97. The number of allylic oxidation sites excluding steroid dienone is 1. The molecule has 1 N–H and O–H groups in total. The number of carbonyl (C=O) groups excluding carboxylic acids is 1. The Labute approximate surface area is 100 Å². The van der Waals surface area contributed by atoms with Gasteiger partial charge in [0.2, 0.25) is 5.91 Å². The van der Waals surface area contributed by atoms with E-state index in [1.165, 1.54) is 14.0 Å². The van der Waals surface area contributed by atoms with E-state index < -0.39 is 0 Å². The third-order valence-electron chi connectivity index (χ3n) is 2.54. The van der Waals surface area contributed by atoms with E-state index in [0.29, 0.717) is 10.8 Å². The molecule has 0 saturated heterocycles. The van der Waals surface area contributed by atoms with Crippen LogP contribution in [0.3, 0.4) is 0 Å². The van der Waals surface area contributed by atoms with Gasteiger partial charge in [0.1, 0.15) is 11.5 Å². The molecule has 1 rings (SSSR count). The number of methoxy groups -OCH3 is 2. The van der Waals surface area contributed by atoms with E-state index in [1.807, 2.05) is 6.92 Å². The number of nitrogens with one attached hydrogen (secondary N) is 1. The zero-order valence-electron chi connectivity index (χ0n) is 9.83. The molecule has 0 heterocycles. The lowest BCUT2D eigenvalue weighted by atomic mass is 9.93. The highest BCUT2D eigenvalue weighted by Gasteiger charge is 2.31. The average molecular weight is 246 g/mol. The van der Waals surface area contributed by atoms with Crippen LogP contribution in [0.15, 0.2) is 22.6 Å². The summed E-state index contributed by atoms with van der Waals surface area (Å²) in [6.45, 7) is 3.39. The Hall–Kier alpha value is -1.16. The van der Waals surface area contributed by atoms with Gasteiger partial charge in [-0.3, -0.25) is 4.79 Å². The van der Waals surface area contributed by atoms with E-state index in [4.69, 9.17) is 21.1 Å². The maximum atomic E-state index is 11.1. The van der Waals surface area contributed by atoms with E-state index in [9.17, 15) is 4.79 Å². The van der Waals surface area contributed by atoms with Crippen LogP contribution in [0.4, 0.5) is 0 Å². The van der Waals surface area contributed by atoms with Crippen LogP contribution in [-0.2, 0) is 14.3 Å². The summed E-state index contributed by atoms with van der Waals surface area (Å²) in [5.41, 5.74) is 0. The minimum atomic E-state index is -0.297. The van der Waals surface area contributed by atoms with Crippen molar-refractivity contribution in [2.45, 2.75) is 19.9 Å². The lowest BCUT2D eigenvalue weighted by Gasteiger charge is -2.30. The molecule has 2 unspecified atom stereocenters. The summed E-state index contributed by atoms with van der Waals surface area (Å²) in [4.78, 5) is 11.1. The van der Waals surface area contributed by atoms with Crippen molar-refractivity contribution in [3.05, 3.63) is 22.6 Å². The van der Waals surface area contributed by atoms with Crippen LogP contribution in [0.1, 0.15) is 13.8 Å². The first-order chi connectivity index (χ1) is 7.51. The van der Waals surface area contributed by atoms with E-state index >= 15 is 0 Å². The minimum absolute atomic E-state index is 0.0136. The second-order valence-electron chi connectivity index (χ2n) is 3.63. The Balaban J connectivity index is 3.04. The van der Waals surface area contributed by atoms with Crippen molar-refractivity contribution in [2.75, 3.05) is 14.2 Å². The van der Waals surface area contributed by atoms with Crippen molar-refractivity contribution in [1.29, 1.82) is 0 Å². The Kier molecular flexibility index (Phi) is 4.24. The molecule has 0 aromatic heterocycles. The fraction of sp³-hybridized carbons (Fsp3) is 0.545. The normalized spacial score (nSPS) is 24.9. The molecule has 0 aromatic carbocycles. The third kappa shape index (κ3) is 2.50. The SMILES string of the molecule is COC1=CC(OC)=C(Cl)C(NC(C)=O)C1C. The zero-order chi connectivity index (χ0) is 12.3. The third-order valence-corrected chi connectivity index (χ3v) is 2.97. The molecule has 1 amide bonds. The molecule has 5 heteroatoms.